The second kappa shape index (κ2) is 8.74. The first kappa shape index (κ1) is 19.1. The van der Waals surface area contributed by atoms with Gasteiger partial charge in [-0.2, -0.15) is 20.1 Å². The minimum atomic E-state index is -0.618. The fourth-order valence-corrected chi connectivity index (χ4v) is 1.80. The highest BCUT2D eigenvalue weighted by Gasteiger charge is 2.11. The molecule has 0 radical (unpaired) electrons. The summed E-state index contributed by atoms with van der Waals surface area (Å²) in [5.41, 5.74) is 2.67. The molecule has 2 heterocycles. The van der Waals surface area contributed by atoms with Crippen molar-refractivity contribution < 1.29 is 9.34 Å². The van der Waals surface area contributed by atoms with Gasteiger partial charge in [0.25, 0.3) is 0 Å². The quantitative estimate of drug-likeness (QED) is 0.348. The van der Waals surface area contributed by atoms with Gasteiger partial charge in [0.2, 0.25) is 17.8 Å². The van der Waals surface area contributed by atoms with Gasteiger partial charge >= 0.3 is 5.88 Å². The Bertz CT molecular complexity index is 774. The van der Waals surface area contributed by atoms with Crippen LogP contribution in [0, 0.1) is 10.1 Å². The Morgan fingerprint density at radius 2 is 1.85 bits per heavy atom. The molecule has 0 amide bonds. The molecule has 3 N–H and O–H groups in total. The molecule has 1 atom stereocenters. The van der Waals surface area contributed by atoms with E-state index in [4.69, 9.17) is 4.42 Å². The van der Waals surface area contributed by atoms with Gasteiger partial charge in [0.15, 0.2) is 5.76 Å². The van der Waals surface area contributed by atoms with Crippen molar-refractivity contribution in [2.24, 2.45) is 5.10 Å². The number of furan rings is 1. The van der Waals surface area contributed by atoms with Gasteiger partial charge in [-0.15, -0.1) is 0 Å². The third kappa shape index (κ3) is 5.69. The number of nitrogens with one attached hydrogen (secondary N) is 3. The van der Waals surface area contributed by atoms with Gasteiger partial charge in [-0.05, 0) is 33.3 Å². The summed E-state index contributed by atoms with van der Waals surface area (Å²) in [5, 5.41) is 20.8. The van der Waals surface area contributed by atoms with Gasteiger partial charge < -0.3 is 15.1 Å². The van der Waals surface area contributed by atoms with Gasteiger partial charge in [0.05, 0.1) is 12.3 Å². The number of anilines is 3. The molecule has 11 nitrogen and oxygen atoms in total. The van der Waals surface area contributed by atoms with Crippen LogP contribution in [0.2, 0.25) is 0 Å². The molecule has 0 aromatic carbocycles. The van der Waals surface area contributed by atoms with Crippen molar-refractivity contribution in [2.45, 2.75) is 46.2 Å². The third-order valence-corrected chi connectivity index (χ3v) is 3.19. The van der Waals surface area contributed by atoms with Crippen molar-refractivity contribution in [1.82, 2.24) is 15.0 Å². The highest BCUT2D eigenvalue weighted by molar-refractivity contribution is 5.76. The Hall–Kier alpha value is -3.24. The second-order valence-electron chi connectivity index (χ2n) is 5.86. The van der Waals surface area contributed by atoms with E-state index in [1.54, 1.807) is 0 Å². The van der Waals surface area contributed by atoms with Gasteiger partial charge in [-0.25, -0.2) is 5.43 Å². The summed E-state index contributed by atoms with van der Waals surface area (Å²) in [5.74, 6) is 0.939. The topological polar surface area (TPSA) is 143 Å². The van der Waals surface area contributed by atoms with Crippen LogP contribution in [0.4, 0.5) is 23.7 Å². The normalized spacial score (nSPS) is 12.3. The fourth-order valence-electron chi connectivity index (χ4n) is 1.80. The SMILES string of the molecule is CCC(C)Nc1nc(N/N=C/c2ccc([N+](=O)[O-])o2)nc(NC(C)C)n1. The van der Waals surface area contributed by atoms with Gasteiger partial charge in [0, 0.05) is 12.1 Å². The molecule has 0 aliphatic carbocycles. The van der Waals surface area contributed by atoms with E-state index < -0.39 is 4.92 Å². The van der Waals surface area contributed by atoms with Crippen LogP contribution >= 0.6 is 0 Å². The monoisotopic (exact) mass is 362 g/mol. The van der Waals surface area contributed by atoms with Crippen LogP contribution in [0.15, 0.2) is 21.7 Å². The number of hydrogen-bond acceptors (Lipinski definition) is 10. The van der Waals surface area contributed by atoms with E-state index in [2.05, 4.69) is 43.0 Å². The second-order valence-corrected chi connectivity index (χ2v) is 5.86. The zero-order valence-corrected chi connectivity index (χ0v) is 15.1. The number of hydrazone groups is 1. The summed E-state index contributed by atoms with van der Waals surface area (Å²) >= 11 is 0. The Morgan fingerprint density at radius 1 is 1.19 bits per heavy atom. The predicted octanol–water partition coefficient (Wildman–Crippen LogP) is 2.85. The summed E-state index contributed by atoms with van der Waals surface area (Å²) in [6, 6.07) is 3.04. The van der Waals surface area contributed by atoms with Gasteiger partial charge in [-0.1, -0.05) is 6.92 Å². The van der Waals surface area contributed by atoms with Crippen LogP contribution in [0.1, 0.15) is 39.9 Å². The summed E-state index contributed by atoms with van der Waals surface area (Å²) in [6.45, 7) is 8.02. The van der Waals surface area contributed by atoms with Crippen molar-refractivity contribution in [2.75, 3.05) is 16.1 Å². The third-order valence-electron chi connectivity index (χ3n) is 3.19. The van der Waals surface area contributed by atoms with Crippen molar-refractivity contribution in [3.05, 3.63) is 28.0 Å². The number of nitro groups is 1. The highest BCUT2D eigenvalue weighted by Crippen LogP contribution is 2.14. The summed E-state index contributed by atoms with van der Waals surface area (Å²) in [4.78, 5) is 22.8. The van der Waals surface area contributed by atoms with Crippen LogP contribution in [0.3, 0.4) is 0 Å². The first-order chi connectivity index (χ1) is 12.4. The fraction of sp³-hybridized carbons (Fsp3) is 0.467. The predicted molar refractivity (Wildman–Crippen MR) is 98.5 cm³/mol. The number of hydrogen-bond donors (Lipinski definition) is 3. The number of nitrogens with zero attached hydrogens (tertiary/aromatic N) is 5. The molecule has 2 rings (SSSR count). The lowest BCUT2D eigenvalue weighted by molar-refractivity contribution is -0.402. The maximum absolute atomic E-state index is 10.6. The number of rotatable bonds is 9. The van der Waals surface area contributed by atoms with Crippen LogP contribution in [0.25, 0.3) is 0 Å². The van der Waals surface area contributed by atoms with Crippen LogP contribution in [0.5, 0.6) is 0 Å². The molecule has 0 aliphatic heterocycles. The molecule has 1 unspecified atom stereocenters. The van der Waals surface area contributed by atoms with Crippen molar-refractivity contribution in [1.29, 1.82) is 0 Å². The molecular weight excluding hydrogens is 340 g/mol. The van der Waals surface area contributed by atoms with E-state index >= 15 is 0 Å². The zero-order chi connectivity index (χ0) is 19.1. The number of aromatic nitrogens is 3. The molecule has 2 aromatic heterocycles. The lowest BCUT2D eigenvalue weighted by Gasteiger charge is -2.14. The van der Waals surface area contributed by atoms with Gasteiger partial charge in [0.1, 0.15) is 4.92 Å². The highest BCUT2D eigenvalue weighted by atomic mass is 16.6. The minimum Gasteiger partial charge on any atom is -0.400 e. The summed E-state index contributed by atoms with van der Waals surface area (Å²) < 4.78 is 4.98. The Kier molecular flexibility index (Phi) is 6.42. The first-order valence-electron chi connectivity index (χ1n) is 8.19. The molecule has 140 valence electrons. The van der Waals surface area contributed by atoms with E-state index in [0.29, 0.717) is 11.9 Å². The maximum Gasteiger partial charge on any atom is 0.433 e. The average molecular weight is 362 g/mol. The largest absolute Gasteiger partial charge is 0.433 e. The lowest BCUT2D eigenvalue weighted by Crippen LogP contribution is -2.19. The Labute approximate surface area is 150 Å². The maximum atomic E-state index is 10.6. The van der Waals surface area contributed by atoms with E-state index in [-0.39, 0.29) is 29.7 Å². The minimum absolute atomic E-state index is 0.147. The molecule has 26 heavy (non-hydrogen) atoms. The molecule has 0 bridgehead atoms. The first-order valence-corrected chi connectivity index (χ1v) is 8.19. The molecule has 0 spiro atoms. The smallest absolute Gasteiger partial charge is 0.400 e. The molecule has 0 fully saturated rings. The molecule has 0 saturated carbocycles. The average Bonchev–Trinajstić information content (AvgIpc) is 3.03. The summed E-state index contributed by atoms with van der Waals surface area (Å²) in [6.07, 6.45) is 2.21. The van der Waals surface area contributed by atoms with E-state index in [0.717, 1.165) is 6.42 Å². The van der Waals surface area contributed by atoms with Crippen LogP contribution in [-0.2, 0) is 0 Å². The molecule has 2 aromatic rings. The summed E-state index contributed by atoms with van der Waals surface area (Å²) in [7, 11) is 0. The van der Waals surface area contributed by atoms with E-state index in [1.807, 2.05) is 20.8 Å². The molecule has 11 heteroatoms. The molecule has 0 saturated heterocycles. The van der Waals surface area contributed by atoms with E-state index in [1.165, 1.54) is 18.3 Å². The molecular formula is C15H22N8O3. The standard InChI is InChI=1S/C15H22N8O3/c1-5-10(4)18-14-19-13(17-9(2)3)20-15(21-14)22-16-8-11-6-7-12(26-11)23(24)25/h6-10H,5H2,1-4H3,(H3,17,18,19,20,21,22)/b16-8+. The van der Waals surface area contributed by atoms with Gasteiger partial charge in [-0.3, -0.25) is 10.1 Å². The van der Waals surface area contributed by atoms with Crippen molar-refractivity contribution in [3.8, 4) is 0 Å². The van der Waals surface area contributed by atoms with E-state index in [9.17, 15) is 10.1 Å². The zero-order valence-electron chi connectivity index (χ0n) is 15.1. The lowest BCUT2D eigenvalue weighted by atomic mass is 10.3. The van der Waals surface area contributed by atoms with Crippen LogP contribution in [-0.4, -0.2) is 38.2 Å². The Morgan fingerprint density at radius 3 is 2.42 bits per heavy atom. The van der Waals surface area contributed by atoms with Crippen molar-refractivity contribution in [3.63, 3.8) is 0 Å². The Balaban J connectivity index is 2.13. The van der Waals surface area contributed by atoms with Crippen LogP contribution < -0.4 is 16.1 Å². The van der Waals surface area contributed by atoms with Crippen molar-refractivity contribution >= 4 is 29.9 Å². The molecule has 0 aliphatic rings.